The van der Waals surface area contributed by atoms with Gasteiger partial charge in [-0.2, -0.15) is 5.10 Å². The Morgan fingerprint density at radius 1 is 1.21 bits per heavy atom. The van der Waals surface area contributed by atoms with E-state index in [4.69, 9.17) is 4.74 Å². The van der Waals surface area contributed by atoms with Gasteiger partial charge in [-0.15, -0.1) is 0 Å². The zero-order valence-corrected chi connectivity index (χ0v) is 16.3. The predicted octanol–water partition coefficient (Wildman–Crippen LogP) is 3.66. The molecule has 0 fully saturated rings. The Labute approximate surface area is 168 Å². The molecule has 0 saturated heterocycles. The van der Waals surface area contributed by atoms with Crippen LogP contribution in [-0.2, 0) is 19.7 Å². The van der Waals surface area contributed by atoms with Crippen molar-refractivity contribution in [1.29, 1.82) is 0 Å². The third kappa shape index (κ3) is 4.98. The molecule has 0 aliphatic carbocycles. The van der Waals surface area contributed by atoms with E-state index < -0.39 is 4.92 Å². The molecule has 8 nitrogen and oxygen atoms in total. The number of non-ortho nitro benzene ring substituents is 1. The summed E-state index contributed by atoms with van der Waals surface area (Å²) in [6, 6.07) is 15.0. The maximum Gasteiger partial charge on any atom is 0.269 e. The zero-order chi connectivity index (χ0) is 20.8. The molecule has 0 N–H and O–H groups in total. The monoisotopic (exact) mass is 394 g/mol. The van der Waals surface area contributed by atoms with Gasteiger partial charge in [0.1, 0.15) is 12.4 Å². The summed E-state index contributed by atoms with van der Waals surface area (Å²) in [4.78, 5) is 24.7. The van der Waals surface area contributed by atoms with E-state index in [9.17, 15) is 14.9 Å². The minimum Gasteiger partial charge on any atom is -0.489 e. The van der Waals surface area contributed by atoms with Gasteiger partial charge >= 0.3 is 0 Å². The second-order valence-corrected chi connectivity index (χ2v) is 6.54. The van der Waals surface area contributed by atoms with Gasteiger partial charge in [0.05, 0.1) is 17.2 Å². The molecule has 0 spiro atoms. The lowest BCUT2D eigenvalue weighted by atomic mass is 10.1. The normalized spacial score (nSPS) is 10.6. The van der Waals surface area contributed by atoms with E-state index in [1.54, 1.807) is 42.4 Å². The molecule has 0 aliphatic rings. The molecule has 8 heteroatoms. The van der Waals surface area contributed by atoms with Gasteiger partial charge in [-0.1, -0.05) is 12.1 Å². The number of nitrogens with zero attached hydrogens (tertiary/aromatic N) is 4. The molecule has 0 aliphatic heterocycles. The molecule has 1 heterocycles. The van der Waals surface area contributed by atoms with Crippen LogP contribution in [0, 0.1) is 10.1 Å². The summed E-state index contributed by atoms with van der Waals surface area (Å²) in [7, 11) is 1.76. The molecule has 3 aromatic rings. The van der Waals surface area contributed by atoms with Crippen molar-refractivity contribution in [2.24, 2.45) is 0 Å². The minimum atomic E-state index is -0.456. The van der Waals surface area contributed by atoms with E-state index in [1.807, 2.05) is 29.8 Å². The molecular weight excluding hydrogens is 372 g/mol. The number of rotatable bonds is 8. The lowest BCUT2D eigenvalue weighted by molar-refractivity contribution is -0.384. The Kier molecular flexibility index (Phi) is 6.23. The van der Waals surface area contributed by atoms with Crippen LogP contribution in [0.5, 0.6) is 5.75 Å². The Morgan fingerprint density at radius 3 is 2.66 bits per heavy atom. The van der Waals surface area contributed by atoms with Gasteiger partial charge in [0.2, 0.25) is 0 Å². The molecule has 0 atom stereocenters. The Balaban J connectivity index is 1.63. The quantitative estimate of drug-likeness (QED) is 0.430. The smallest absolute Gasteiger partial charge is 0.269 e. The van der Waals surface area contributed by atoms with Crippen molar-refractivity contribution < 1.29 is 14.5 Å². The summed E-state index contributed by atoms with van der Waals surface area (Å²) >= 11 is 0. The first-order chi connectivity index (χ1) is 14.0. The van der Waals surface area contributed by atoms with E-state index in [0.29, 0.717) is 17.9 Å². The van der Waals surface area contributed by atoms with E-state index in [0.717, 1.165) is 17.8 Å². The van der Waals surface area contributed by atoms with E-state index in [1.165, 1.54) is 12.1 Å². The molecule has 2 aromatic carbocycles. The minimum absolute atomic E-state index is 0.0115. The van der Waals surface area contributed by atoms with Crippen molar-refractivity contribution in [1.82, 2.24) is 14.7 Å². The third-order valence-corrected chi connectivity index (χ3v) is 4.48. The van der Waals surface area contributed by atoms with Gasteiger partial charge in [0.25, 0.3) is 11.6 Å². The van der Waals surface area contributed by atoms with E-state index >= 15 is 0 Å². The highest BCUT2D eigenvalue weighted by atomic mass is 16.6. The largest absolute Gasteiger partial charge is 0.489 e. The second kappa shape index (κ2) is 9.01. The van der Waals surface area contributed by atoms with E-state index in [-0.39, 0.29) is 18.2 Å². The molecule has 3 rings (SSSR count). The standard InChI is InChI=1S/C21H22N4O4/c1-3-24-19(11-12-22-24)14-23(2)21(26)17-6-4-5-16(13-17)15-29-20-9-7-18(8-10-20)25(27)28/h4-13H,3,14-15H2,1-2H3. The fourth-order valence-corrected chi connectivity index (χ4v) is 2.94. The van der Waals surface area contributed by atoms with Crippen LogP contribution in [0.25, 0.3) is 0 Å². The highest BCUT2D eigenvalue weighted by Crippen LogP contribution is 2.19. The van der Waals surface area contributed by atoms with Crippen molar-refractivity contribution in [3.63, 3.8) is 0 Å². The average molecular weight is 394 g/mol. The molecule has 150 valence electrons. The number of aromatic nitrogens is 2. The lowest BCUT2D eigenvalue weighted by Crippen LogP contribution is -2.27. The lowest BCUT2D eigenvalue weighted by Gasteiger charge is -2.18. The number of nitro groups is 1. The van der Waals surface area contributed by atoms with Crippen LogP contribution < -0.4 is 4.74 Å². The number of benzene rings is 2. The van der Waals surface area contributed by atoms with Gasteiger partial charge in [-0.25, -0.2) is 0 Å². The van der Waals surface area contributed by atoms with Crippen molar-refractivity contribution in [3.8, 4) is 5.75 Å². The summed E-state index contributed by atoms with van der Waals surface area (Å²) in [6.07, 6.45) is 1.73. The molecule has 0 unspecified atom stereocenters. The molecule has 29 heavy (non-hydrogen) atoms. The van der Waals surface area contributed by atoms with Crippen molar-refractivity contribution in [2.45, 2.75) is 26.6 Å². The molecule has 0 bridgehead atoms. The maximum atomic E-state index is 12.8. The molecule has 0 radical (unpaired) electrons. The Bertz CT molecular complexity index is 998. The van der Waals surface area contributed by atoms with Crippen LogP contribution in [0.3, 0.4) is 0 Å². The number of aryl methyl sites for hydroxylation is 1. The number of amides is 1. The van der Waals surface area contributed by atoms with Crippen LogP contribution in [-0.4, -0.2) is 32.6 Å². The van der Waals surface area contributed by atoms with E-state index in [2.05, 4.69) is 5.10 Å². The van der Waals surface area contributed by atoms with Crippen LogP contribution in [0.2, 0.25) is 0 Å². The average Bonchev–Trinajstić information content (AvgIpc) is 3.19. The zero-order valence-electron chi connectivity index (χ0n) is 16.3. The van der Waals surface area contributed by atoms with Crippen LogP contribution in [0.15, 0.2) is 60.8 Å². The maximum absolute atomic E-state index is 12.8. The summed E-state index contributed by atoms with van der Waals surface area (Å²) in [6.45, 7) is 3.48. The van der Waals surface area contributed by atoms with Gasteiger partial charge < -0.3 is 9.64 Å². The fourth-order valence-electron chi connectivity index (χ4n) is 2.94. The fraction of sp³-hybridized carbons (Fsp3) is 0.238. The third-order valence-electron chi connectivity index (χ3n) is 4.48. The highest BCUT2D eigenvalue weighted by Gasteiger charge is 2.14. The summed E-state index contributed by atoms with van der Waals surface area (Å²) in [5, 5.41) is 14.9. The molecular formula is C21H22N4O4. The predicted molar refractivity (Wildman–Crippen MR) is 108 cm³/mol. The second-order valence-electron chi connectivity index (χ2n) is 6.54. The number of carbonyl (C=O) groups excluding carboxylic acids is 1. The summed E-state index contributed by atoms with van der Waals surface area (Å²) in [5.41, 5.74) is 2.39. The van der Waals surface area contributed by atoms with Gasteiger partial charge in [0.15, 0.2) is 0 Å². The molecule has 1 aromatic heterocycles. The van der Waals surface area contributed by atoms with Gasteiger partial charge in [-0.3, -0.25) is 19.6 Å². The number of nitro benzene ring substituents is 1. The Hall–Kier alpha value is -3.68. The Morgan fingerprint density at radius 2 is 1.97 bits per heavy atom. The van der Waals surface area contributed by atoms with Gasteiger partial charge in [-0.05, 0) is 42.8 Å². The van der Waals surface area contributed by atoms with Crippen LogP contribution in [0.4, 0.5) is 5.69 Å². The summed E-state index contributed by atoms with van der Waals surface area (Å²) < 4.78 is 7.54. The SMILES string of the molecule is CCn1nccc1CN(C)C(=O)c1cccc(COc2ccc([N+](=O)[O-])cc2)c1. The van der Waals surface area contributed by atoms with Crippen molar-refractivity contribution in [2.75, 3.05) is 7.05 Å². The van der Waals surface area contributed by atoms with Crippen LogP contribution in [0.1, 0.15) is 28.5 Å². The first-order valence-electron chi connectivity index (χ1n) is 9.20. The van der Waals surface area contributed by atoms with Gasteiger partial charge in [0, 0.05) is 37.5 Å². The van der Waals surface area contributed by atoms with Crippen LogP contribution >= 0.6 is 0 Å². The number of ether oxygens (including phenoxy) is 1. The number of hydrogen-bond donors (Lipinski definition) is 0. The highest BCUT2D eigenvalue weighted by molar-refractivity contribution is 5.94. The first-order valence-corrected chi connectivity index (χ1v) is 9.20. The summed E-state index contributed by atoms with van der Waals surface area (Å²) in [5.74, 6) is 0.434. The van der Waals surface area contributed by atoms with Crippen molar-refractivity contribution >= 4 is 11.6 Å². The molecule has 0 saturated carbocycles. The number of carbonyl (C=O) groups is 1. The number of hydrogen-bond acceptors (Lipinski definition) is 5. The topological polar surface area (TPSA) is 90.5 Å². The molecule has 1 amide bonds. The first kappa shape index (κ1) is 20.1. The van der Waals surface area contributed by atoms with Crippen molar-refractivity contribution in [3.05, 3.63) is 87.7 Å².